The lowest BCUT2D eigenvalue weighted by molar-refractivity contribution is -0.128. The second kappa shape index (κ2) is 11.0. The summed E-state index contributed by atoms with van der Waals surface area (Å²) in [7, 11) is 0. The molecule has 4 rings (SSSR count). The molecule has 0 aromatic heterocycles. The van der Waals surface area contributed by atoms with Crippen molar-refractivity contribution in [3.05, 3.63) is 63.6 Å². The summed E-state index contributed by atoms with van der Waals surface area (Å²) in [6.45, 7) is 0.00368. The van der Waals surface area contributed by atoms with E-state index in [4.69, 9.17) is 28.9 Å². The molecule has 1 saturated carbocycles. The fourth-order valence-corrected chi connectivity index (χ4v) is 4.79. The van der Waals surface area contributed by atoms with Crippen LogP contribution in [-0.4, -0.2) is 59.0 Å². The van der Waals surface area contributed by atoms with Crippen molar-refractivity contribution in [1.82, 2.24) is 15.1 Å². The topological polar surface area (TPSA) is 108 Å². The number of halogens is 4. The largest absolute Gasteiger partial charge is 0.350 e. The molecule has 1 heterocycles. The molecule has 192 valence electrons. The van der Waals surface area contributed by atoms with Gasteiger partial charge in [-0.3, -0.25) is 14.5 Å². The van der Waals surface area contributed by atoms with Gasteiger partial charge < -0.3 is 21.3 Å². The van der Waals surface area contributed by atoms with Crippen LogP contribution in [0.25, 0.3) is 0 Å². The summed E-state index contributed by atoms with van der Waals surface area (Å²) in [6, 6.07) is 6.19. The number of carbonyl (C=O) groups is 3. The summed E-state index contributed by atoms with van der Waals surface area (Å²) in [5, 5.41) is 6.09. The van der Waals surface area contributed by atoms with E-state index < -0.39 is 35.6 Å². The van der Waals surface area contributed by atoms with Crippen molar-refractivity contribution in [3.8, 4) is 0 Å². The highest BCUT2D eigenvalue weighted by Crippen LogP contribution is 2.27. The Balaban J connectivity index is 1.58. The number of amides is 4. The molecule has 0 radical (unpaired) electrons. The molecule has 8 nitrogen and oxygen atoms in total. The predicted molar refractivity (Wildman–Crippen MR) is 132 cm³/mol. The van der Waals surface area contributed by atoms with E-state index in [-0.39, 0.29) is 35.8 Å². The second-order valence-electron chi connectivity index (χ2n) is 8.90. The molecule has 2 aromatic rings. The SMILES string of the molecule is NC1CCC(NC(=O)C2N(C(=O)Nc3ccc(Cl)c(Cl)c3)CCN2C(=O)c2cc(F)cc(F)c2)CC1. The molecule has 1 aliphatic carbocycles. The highest BCUT2D eigenvalue weighted by atomic mass is 35.5. The third kappa shape index (κ3) is 5.88. The summed E-state index contributed by atoms with van der Waals surface area (Å²) in [5.74, 6) is -3.19. The van der Waals surface area contributed by atoms with Crippen LogP contribution in [0.1, 0.15) is 36.0 Å². The standard InChI is InChI=1S/C24H25Cl2F2N5O3/c25-19-6-5-18(12-20(19)26)31-24(36)33-8-7-32(23(35)13-9-14(27)11-15(28)10-13)22(33)21(34)30-17-3-1-16(29)2-4-17/h5-6,9-12,16-17,22H,1-4,7-8,29H2,(H,30,34)(H,31,36). The number of hydrogen-bond donors (Lipinski definition) is 3. The number of nitrogens with one attached hydrogen (secondary N) is 2. The molecule has 2 aliphatic rings. The first-order valence-electron chi connectivity index (χ1n) is 11.5. The van der Waals surface area contributed by atoms with Gasteiger partial charge in [0.25, 0.3) is 11.8 Å². The maximum absolute atomic E-state index is 13.8. The molecular formula is C24H25Cl2F2N5O3. The minimum Gasteiger partial charge on any atom is -0.350 e. The third-order valence-electron chi connectivity index (χ3n) is 6.33. The van der Waals surface area contributed by atoms with Crippen LogP contribution >= 0.6 is 23.2 Å². The van der Waals surface area contributed by atoms with Gasteiger partial charge in [0.1, 0.15) is 11.6 Å². The molecule has 2 fully saturated rings. The van der Waals surface area contributed by atoms with Crippen molar-refractivity contribution >= 4 is 46.7 Å². The molecule has 1 atom stereocenters. The van der Waals surface area contributed by atoms with Gasteiger partial charge in [-0.15, -0.1) is 0 Å². The van der Waals surface area contributed by atoms with Crippen molar-refractivity contribution in [1.29, 1.82) is 0 Å². The highest BCUT2D eigenvalue weighted by molar-refractivity contribution is 6.42. The van der Waals surface area contributed by atoms with E-state index in [9.17, 15) is 23.2 Å². The number of anilines is 1. The monoisotopic (exact) mass is 539 g/mol. The predicted octanol–water partition coefficient (Wildman–Crippen LogP) is 3.97. The molecule has 12 heteroatoms. The van der Waals surface area contributed by atoms with Gasteiger partial charge in [-0.05, 0) is 56.0 Å². The normalized spacial score (nSPS) is 21.9. The first kappa shape index (κ1) is 26.1. The summed E-state index contributed by atoms with van der Waals surface area (Å²) in [4.78, 5) is 42.1. The van der Waals surface area contributed by atoms with Gasteiger partial charge in [0, 0.05) is 42.5 Å². The van der Waals surface area contributed by atoms with Crippen LogP contribution in [0.2, 0.25) is 10.0 Å². The zero-order chi connectivity index (χ0) is 26.0. The highest BCUT2D eigenvalue weighted by Gasteiger charge is 2.44. The summed E-state index contributed by atoms with van der Waals surface area (Å²) in [6.07, 6.45) is 1.48. The van der Waals surface area contributed by atoms with Crippen LogP contribution in [-0.2, 0) is 4.79 Å². The van der Waals surface area contributed by atoms with E-state index in [2.05, 4.69) is 10.6 Å². The fraction of sp³-hybridized carbons (Fsp3) is 0.375. The molecule has 4 N–H and O–H groups in total. The van der Waals surface area contributed by atoms with Gasteiger partial charge in [-0.1, -0.05) is 23.2 Å². The summed E-state index contributed by atoms with van der Waals surface area (Å²) >= 11 is 12.0. The Labute approximate surface area is 216 Å². The molecule has 2 aromatic carbocycles. The summed E-state index contributed by atoms with van der Waals surface area (Å²) < 4.78 is 27.6. The van der Waals surface area contributed by atoms with Crippen molar-refractivity contribution in [2.45, 2.75) is 43.9 Å². The molecule has 1 unspecified atom stereocenters. The van der Waals surface area contributed by atoms with Crippen LogP contribution in [0.15, 0.2) is 36.4 Å². The van der Waals surface area contributed by atoms with Gasteiger partial charge in [0.15, 0.2) is 6.17 Å². The average molecular weight is 540 g/mol. The van der Waals surface area contributed by atoms with Crippen LogP contribution in [0.4, 0.5) is 19.3 Å². The molecule has 1 saturated heterocycles. The Morgan fingerprint density at radius 1 is 0.889 bits per heavy atom. The van der Waals surface area contributed by atoms with Crippen molar-refractivity contribution in [3.63, 3.8) is 0 Å². The summed E-state index contributed by atoms with van der Waals surface area (Å²) in [5.41, 5.74) is 6.03. The molecule has 1 aliphatic heterocycles. The van der Waals surface area contributed by atoms with E-state index in [0.717, 1.165) is 29.9 Å². The van der Waals surface area contributed by atoms with Crippen LogP contribution in [0.5, 0.6) is 0 Å². The number of benzene rings is 2. The first-order chi connectivity index (χ1) is 17.1. The number of hydrogen-bond acceptors (Lipinski definition) is 4. The minimum atomic E-state index is -1.33. The molecule has 0 spiro atoms. The van der Waals surface area contributed by atoms with Gasteiger partial charge in [-0.25, -0.2) is 13.6 Å². The van der Waals surface area contributed by atoms with Crippen LogP contribution in [0.3, 0.4) is 0 Å². The second-order valence-corrected chi connectivity index (χ2v) is 9.72. The minimum absolute atomic E-state index is 0.0145. The number of nitrogens with zero attached hydrogens (tertiary/aromatic N) is 2. The smallest absolute Gasteiger partial charge is 0.323 e. The Bertz CT molecular complexity index is 1160. The van der Waals surface area contributed by atoms with Gasteiger partial charge in [-0.2, -0.15) is 0 Å². The van der Waals surface area contributed by atoms with Gasteiger partial charge in [0.05, 0.1) is 10.0 Å². The Morgan fingerprint density at radius 3 is 2.17 bits per heavy atom. The first-order valence-corrected chi connectivity index (χ1v) is 12.2. The van der Waals surface area contributed by atoms with Crippen molar-refractivity contribution < 1.29 is 23.2 Å². The number of nitrogens with two attached hydrogens (primary N) is 1. The van der Waals surface area contributed by atoms with E-state index in [0.29, 0.717) is 29.6 Å². The number of carbonyl (C=O) groups excluding carboxylic acids is 3. The lowest BCUT2D eigenvalue weighted by Gasteiger charge is -2.32. The third-order valence-corrected chi connectivity index (χ3v) is 7.07. The van der Waals surface area contributed by atoms with E-state index >= 15 is 0 Å². The number of rotatable bonds is 4. The molecular weight excluding hydrogens is 515 g/mol. The lowest BCUT2D eigenvalue weighted by atomic mass is 9.92. The maximum atomic E-state index is 13.8. The lowest BCUT2D eigenvalue weighted by Crippen LogP contribution is -2.56. The Morgan fingerprint density at radius 2 is 1.53 bits per heavy atom. The van der Waals surface area contributed by atoms with E-state index in [1.165, 1.54) is 17.0 Å². The Kier molecular flexibility index (Phi) is 7.97. The average Bonchev–Trinajstić information content (AvgIpc) is 3.27. The van der Waals surface area contributed by atoms with Crippen molar-refractivity contribution in [2.75, 3.05) is 18.4 Å². The maximum Gasteiger partial charge on any atom is 0.323 e. The van der Waals surface area contributed by atoms with Crippen LogP contribution in [0, 0.1) is 11.6 Å². The molecule has 0 bridgehead atoms. The van der Waals surface area contributed by atoms with Crippen LogP contribution < -0.4 is 16.4 Å². The zero-order valence-corrected chi connectivity index (χ0v) is 20.7. The van der Waals surface area contributed by atoms with Gasteiger partial charge >= 0.3 is 6.03 Å². The number of urea groups is 1. The van der Waals surface area contributed by atoms with Crippen molar-refractivity contribution in [2.24, 2.45) is 5.73 Å². The fourth-order valence-electron chi connectivity index (χ4n) is 4.49. The molecule has 4 amide bonds. The van der Waals surface area contributed by atoms with Gasteiger partial charge in [0.2, 0.25) is 0 Å². The zero-order valence-electron chi connectivity index (χ0n) is 19.1. The van der Waals surface area contributed by atoms with E-state index in [1.807, 2.05) is 0 Å². The van der Waals surface area contributed by atoms with E-state index in [1.54, 1.807) is 6.07 Å². The quantitative estimate of drug-likeness (QED) is 0.546. The Hall–Kier alpha value is -2.95. The molecule has 36 heavy (non-hydrogen) atoms.